The maximum absolute atomic E-state index is 12.1. The van der Waals surface area contributed by atoms with Gasteiger partial charge in [-0.25, -0.2) is 9.78 Å². The lowest BCUT2D eigenvalue weighted by Gasteiger charge is -2.02. The highest BCUT2D eigenvalue weighted by atomic mass is 16.7. The van der Waals surface area contributed by atoms with E-state index >= 15 is 0 Å². The zero-order valence-corrected chi connectivity index (χ0v) is 8.93. The van der Waals surface area contributed by atoms with Crippen molar-refractivity contribution in [1.29, 1.82) is 0 Å². The summed E-state index contributed by atoms with van der Waals surface area (Å²) in [4.78, 5) is 32.4. The molecule has 0 spiro atoms. The lowest BCUT2D eigenvalue weighted by atomic mass is 10.2. The van der Waals surface area contributed by atoms with Crippen LogP contribution in [0.5, 0.6) is 5.75 Å². The normalized spacial score (nSPS) is 10.9. The van der Waals surface area contributed by atoms with Crippen molar-refractivity contribution in [3.8, 4) is 5.75 Å². The van der Waals surface area contributed by atoms with E-state index in [1.165, 1.54) is 12.4 Å². The Morgan fingerprint density at radius 2 is 2.22 bits per heavy atom. The molecule has 18 heavy (non-hydrogen) atoms. The molecule has 0 bridgehead atoms. The molecule has 0 amide bonds. The van der Waals surface area contributed by atoms with Crippen LogP contribution in [-0.4, -0.2) is 26.2 Å². The largest absolute Gasteiger partial charge is 0.511 e. The second-order valence-electron chi connectivity index (χ2n) is 3.64. The smallest absolute Gasteiger partial charge is 0.449 e. The molecule has 0 fully saturated rings. The van der Waals surface area contributed by atoms with Crippen LogP contribution in [0, 0.1) is 0 Å². The van der Waals surface area contributed by atoms with Gasteiger partial charge < -0.3 is 19.8 Å². The Morgan fingerprint density at radius 1 is 1.39 bits per heavy atom. The molecule has 0 aliphatic heterocycles. The molecule has 3 N–H and O–H groups in total. The van der Waals surface area contributed by atoms with Crippen LogP contribution in [-0.2, 0) is 0 Å². The molecule has 0 unspecified atom stereocenters. The summed E-state index contributed by atoms with van der Waals surface area (Å²) in [5.41, 5.74) is 0.587. The summed E-state index contributed by atoms with van der Waals surface area (Å²) in [5.74, 6) is -0.260. The van der Waals surface area contributed by atoms with E-state index < -0.39 is 11.6 Å². The number of rotatable bonds is 1. The maximum atomic E-state index is 12.1. The summed E-state index contributed by atoms with van der Waals surface area (Å²) in [6.45, 7) is 0. The molecule has 7 heteroatoms. The Kier molecular flexibility index (Phi) is 2.06. The van der Waals surface area contributed by atoms with Crippen LogP contribution in [0.1, 0.15) is 0 Å². The first-order valence-corrected chi connectivity index (χ1v) is 5.05. The molecular weight excluding hydrogens is 238 g/mol. The number of carboxylic acid groups (broad SMARTS) is 1. The summed E-state index contributed by atoms with van der Waals surface area (Å²) in [7, 11) is 0. The fourth-order valence-electron chi connectivity index (χ4n) is 1.86. The molecule has 0 aromatic carbocycles. The van der Waals surface area contributed by atoms with Gasteiger partial charge in [-0.1, -0.05) is 0 Å². The molecule has 3 aromatic heterocycles. The van der Waals surface area contributed by atoms with E-state index in [4.69, 9.17) is 5.11 Å². The fourth-order valence-corrected chi connectivity index (χ4v) is 1.86. The lowest BCUT2D eigenvalue weighted by Crippen LogP contribution is -2.13. The number of aromatic amines is 2. The van der Waals surface area contributed by atoms with Gasteiger partial charge in [0.2, 0.25) is 5.43 Å². The molecule has 3 heterocycles. The van der Waals surface area contributed by atoms with E-state index in [9.17, 15) is 9.59 Å². The minimum atomic E-state index is -1.53. The summed E-state index contributed by atoms with van der Waals surface area (Å²) >= 11 is 0. The van der Waals surface area contributed by atoms with E-state index in [0.29, 0.717) is 21.9 Å². The van der Waals surface area contributed by atoms with E-state index in [1.54, 1.807) is 12.3 Å². The summed E-state index contributed by atoms with van der Waals surface area (Å²) in [5, 5.41) is 9.51. The molecule has 0 saturated carbocycles. The molecule has 0 aliphatic rings. The van der Waals surface area contributed by atoms with Gasteiger partial charge >= 0.3 is 6.16 Å². The number of carbonyl (C=O) groups is 1. The zero-order valence-electron chi connectivity index (χ0n) is 8.93. The summed E-state index contributed by atoms with van der Waals surface area (Å²) in [6, 6.07) is 1.70. The molecule has 0 aliphatic carbocycles. The number of H-pyrrole nitrogens is 2. The van der Waals surface area contributed by atoms with Gasteiger partial charge in [0.05, 0.1) is 17.1 Å². The van der Waals surface area contributed by atoms with E-state index in [0.717, 1.165) is 0 Å². The number of hydrogen-bond donors (Lipinski definition) is 3. The minimum absolute atomic E-state index is 0.260. The van der Waals surface area contributed by atoms with E-state index in [1.807, 2.05) is 0 Å². The quantitative estimate of drug-likeness (QED) is 0.562. The van der Waals surface area contributed by atoms with Gasteiger partial charge in [0.25, 0.3) is 0 Å². The highest BCUT2D eigenvalue weighted by Crippen LogP contribution is 2.20. The average molecular weight is 245 g/mol. The SMILES string of the molecule is O=C(O)Oc1c[nH]c2cnc3[nH]ccc3c2c1=O. The van der Waals surface area contributed by atoms with Crippen molar-refractivity contribution in [3.63, 3.8) is 0 Å². The third kappa shape index (κ3) is 1.41. The predicted octanol–water partition coefficient (Wildman–Crippen LogP) is 1.46. The third-order valence-corrected chi connectivity index (χ3v) is 2.59. The van der Waals surface area contributed by atoms with Crippen LogP contribution in [0.4, 0.5) is 4.79 Å². The van der Waals surface area contributed by atoms with Crippen molar-refractivity contribution in [2.24, 2.45) is 0 Å². The number of ether oxygens (including phenoxy) is 1. The average Bonchev–Trinajstić information content (AvgIpc) is 2.80. The zero-order chi connectivity index (χ0) is 12.7. The van der Waals surface area contributed by atoms with Crippen LogP contribution in [0.2, 0.25) is 0 Å². The number of pyridine rings is 2. The first kappa shape index (κ1) is 10.3. The standard InChI is InChI=1S/C11H7N3O4/c15-9-7(18-11(16)17)4-13-6-3-14-10-5(8(6)9)1-2-12-10/h1-4H,(H,12,14)(H,13,15)(H,16,17). The molecule has 7 nitrogen and oxygen atoms in total. The van der Waals surface area contributed by atoms with Gasteiger partial charge in [0.1, 0.15) is 5.65 Å². The summed E-state index contributed by atoms with van der Waals surface area (Å²) in [6.07, 6.45) is 2.83. The maximum Gasteiger partial charge on any atom is 0.511 e. The van der Waals surface area contributed by atoms with Gasteiger partial charge in [0.15, 0.2) is 5.75 Å². The van der Waals surface area contributed by atoms with Crippen LogP contribution < -0.4 is 10.2 Å². The van der Waals surface area contributed by atoms with Gasteiger partial charge in [-0.2, -0.15) is 0 Å². The van der Waals surface area contributed by atoms with Crippen LogP contribution >= 0.6 is 0 Å². The highest BCUT2D eigenvalue weighted by molar-refractivity contribution is 6.03. The topological polar surface area (TPSA) is 108 Å². The van der Waals surface area contributed by atoms with Crippen molar-refractivity contribution in [1.82, 2.24) is 15.0 Å². The van der Waals surface area contributed by atoms with Crippen molar-refractivity contribution >= 4 is 28.1 Å². The molecule has 0 saturated heterocycles. The minimum Gasteiger partial charge on any atom is -0.449 e. The van der Waals surface area contributed by atoms with Crippen molar-refractivity contribution in [3.05, 3.63) is 34.9 Å². The molecule has 0 atom stereocenters. The molecule has 90 valence electrons. The number of nitrogens with zero attached hydrogens (tertiary/aromatic N) is 1. The Labute approximate surface area is 99.0 Å². The van der Waals surface area contributed by atoms with Crippen LogP contribution in [0.25, 0.3) is 21.9 Å². The van der Waals surface area contributed by atoms with Gasteiger partial charge in [-0.15, -0.1) is 0 Å². The van der Waals surface area contributed by atoms with Gasteiger partial charge in [-0.3, -0.25) is 4.79 Å². The number of aromatic nitrogens is 3. The van der Waals surface area contributed by atoms with Crippen molar-refractivity contribution in [2.45, 2.75) is 0 Å². The first-order valence-electron chi connectivity index (χ1n) is 5.05. The van der Waals surface area contributed by atoms with Gasteiger partial charge in [0, 0.05) is 17.8 Å². The first-order chi connectivity index (χ1) is 8.66. The Bertz CT molecular complexity index is 818. The Morgan fingerprint density at radius 3 is 3.00 bits per heavy atom. The molecule has 3 aromatic rings. The number of hydrogen-bond acceptors (Lipinski definition) is 4. The van der Waals surface area contributed by atoms with Crippen molar-refractivity contribution in [2.75, 3.05) is 0 Å². The van der Waals surface area contributed by atoms with Crippen LogP contribution in [0.3, 0.4) is 0 Å². The monoisotopic (exact) mass is 245 g/mol. The Balaban J connectivity index is 2.41. The van der Waals surface area contributed by atoms with Crippen LogP contribution in [0.15, 0.2) is 29.5 Å². The highest BCUT2D eigenvalue weighted by Gasteiger charge is 2.12. The fraction of sp³-hybridized carbons (Fsp3) is 0. The number of fused-ring (bicyclic) bond motifs is 3. The van der Waals surface area contributed by atoms with E-state index in [-0.39, 0.29) is 5.75 Å². The molecular formula is C11H7N3O4. The molecule has 0 radical (unpaired) electrons. The predicted molar refractivity (Wildman–Crippen MR) is 62.9 cm³/mol. The lowest BCUT2D eigenvalue weighted by molar-refractivity contribution is 0.144. The third-order valence-electron chi connectivity index (χ3n) is 2.59. The second-order valence-corrected chi connectivity index (χ2v) is 3.64. The van der Waals surface area contributed by atoms with Crippen molar-refractivity contribution < 1.29 is 14.6 Å². The number of nitrogens with one attached hydrogen (secondary N) is 2. The molecule has 3 rings (SSSR count). The summed E-state index contributed by atoms with van der Waals surface area (Å²) < 4.78 is 4.42. The van der Waals surface area contributed by atoms with Gasteiger partial charge in [-0.05, 0) is 6.07 Å². The van der Waals surface area contributed by atoms with E-state index in [2.05, 4.69) is 19.7 Å². The Hall–Kier alpha value is -2.83. The second kappa shape index (κ2) is 3.59.